The topological polar surface area (TPSA) is 84.5 Å². The summed E-state index contributed by atoms with van der Waals surface area (Å²) in [4.78, 5) is 0. The molecule has 47 heavy (non-hydrogen) atoms. The van der Waals surface area contributed by atoms with Crippen LogP contribution in [0.2, 0.25) is 0 Å². The first-order chi connectivity index (χ1) is 23.1. The van der Waals surface area contributed by atoms with Crippen LogP contribution in [0.3, 0.4) is 0 Å². The van der Waals surface area contributed by atoms with Gasteiger partial charge in [0.15, 0.2) is 0 Å². The average molecular weight is 596 g/mol. The Morgan fingerprint density at radius 1 is 0.426 bits per heavy atom. The predicted molar refractivity (Wildman–Crippen MR) is 186 cm³/mol. The average Bonchev–Trinajstić information content (AvgIpc) is 3.67. The first kappa shape index (κ1) is 26.5. The zero-order valence-electron chi connectivity index (χ0n) is 24.9. The zero-order valence-corrected chi connectivity index (χ0v) is 24.9. The van der Waals surface area contributed by atoms with Crippen molar-refractivity contribution in [2.45, 2.75) is 0 Å². The number of benzene rings is 7. The van der Waals surface area contributed by atoms with E-state index in [0.717, 1.165) is 66.4 Å². The molecule has 1 aliphatic rings. The van der Waals surface area contributed by atoms with Crippen LogP contribution >= 0.6 is 0 Å². The van der Waals surface area contributed by atoms with Crippen molar-refractivity contribution >= 4 is 32.7 Å². The van der Waals surface area contributed by atoms with Crippen molar-refractivity contribution in [3.63, 3.8) is 0 Å². The smallest absolute Gasteiger partial charge is 0.143 e. The highest BCUT2D eigenvalue weighted by atomic mass is 16.3. The van der Waals surface area contributed by atoms with E-state index in [0.29, 0.717) is 16.7 Å². The molecule has 0 aliphatic heterocycles. The van der Waals surface area contributed by atoms with Crippen molar-refractivity contribution in [1.82, 2.24) is 0 Å². The summed E-state index contributed by atoms with van der Waals surface area (Å²) < 4.78 is 6.89. The van der Waals surface area contributed by atoms with Crippen LogP contribution < -0.4 is 0 Å². The second-order valence-electron chi connectivity index (χ2n) is 11.8. The van der Waals surface area contributed by atoms with Crippen molar-refractivity contribution in [1.29, 1.82) is 15.8 Å². The van der Waals surface area contributed by atoms with Crippen LogP contribution in [-0.4, -0.2) is 0 Å². The van der Waals surface area contributed by atoms with Gasteiger partial charge in [0.2, 0.25) is 0 Å². The molecule has 214 valence electrons. The lowest BCUT2D eigenvalue weighted by Gasteiger charge is -2.13. The lowest BCUT2D eigenvalue weighted by Crippen LogP contribution is -1.89. The SMILES string of the molecule is N#Cc1ccc(-c2cc(-c3ccc(C#N)cc3)c3oc4cc5c(c(-c6ccc(C#N)cc6)c4c3c2)-c2cccc3cccc-5c23)cc1. The highest BCUT2D eigenvalue weighted by molar-refractivity contribution is 6.26. The van der Waals surface area contributed by atoms with Crippen LogP contribution in [0.1, 0.15) is 16.7 Å². The fourth-order valence-electron chi connectivity index (χ4n) is 7.15. The van der Waals surface area contributed by atoms with Gasteiger partial charge in [0, 0.05) is 21.9 Å². The van der Waals surface area contributed by atoms with E-state index in [1.165, 1.54) is 21.9 Å². The number of furan rings is 1. The van der Waals surface area contributed by atoms with E-state index in [-0.39, 0.29) is 0 Å². The normalized spacial score (nSPS) is 11.3. The van der Waals surface area contributed by atoms with Crippen molar-refractivity contribution in [2.24, 2.45) is 0 Å². The van der Waals surface area contributed by atoms with E-state index >= 15 is 0 Å². The van der Waals surface area contributed by atoms with E-state index < -0.39 is 0 Å². The third kappa shape index (κ3) is 3.92. The highest BCUT2D eigenvalue weighted by Gasteiger charge is 2.29. The molecule has 0 N–H and O–H groups in total. The van der Waals surface area contributed by atoms with Gasteiger partial charge in [0.1, 0.15) is 11.2 Å². The molecule has 0 saturated heterocycles. The lowest BCUT2D eigenvalue weighted by molar-refractivity contribution is 0.670. The summed E-state index contributed by atoms with van der Waals surface area (Å²) in [7, 11) is 0. The van der Waals surface area contributed by atoms with E-state index in [1.54, 1.807) is 0 Å². The van der Waals surface area contributed by atoms with Crippen molar-refractivity contribution in [2.75, 3.05) is 0 Å². The van der Waals surface area contributed by atoms with Gasteiger partial charge in [-0.25, -0.2) is 0 Å². The van der Waals surface area contributed by atoms with Gasteiger partial charge in [0.25, 0.3) is 0 Å². The van der Waals surface area contributed by atoms with E-state index in [2.05, 4.69) is 72.8 Å². The Bertz CT molecular complexity index is 2720. The van der Waals surface area contributed by atoms with Crippen molar-refractivity contribution in [3.8, 4) is 73.8 Å². The summed E-state index contributed by atoms with van der Waals surface area (Å²) in [5.41, 5.74) is 13.8. The van der Waals surface area contributed by atoms with Crippen LogP contribution in [0, 0.1) is 34.0 Å². The van der Waals surface area contributed by atoms with E-state index in [9.17, 15) is 15.8 Å². The molecule has 0 bridgehead atoms. The van der Waals surface area contributed by atoms with Gasteiger partial charge in [-0.1, -0.05) is 72.8 Å². The van der Waals surface area contributed by atoms with Crippen LogP contribution in [0.15, 0.2) is 132 Å². The van der Waals surface area contributed by atoms with Gasteiger partial charge in [-0.2, -0.15) is 15.8 Å². The maximum Gasteiger partial charge on any atom is 0.143 e. The Hall–Kier alpha value is -6.93. The van der Waals surface area contributed by atoms with E-state index in [4.69, 9.17) is 4.42 Å². The summed E-state index contributed by atoms with van der Waals surface area (Å²) in [6.07, 6.45) is 0. The molecule has 0 amide bonds. The Morgan fingerprint density at radius 3 is 1.62 bits per heavy atom. The number of hydrogen-bond donors (Lipinski definition) is 0. The standard InChI is InChI=1S/C43H21N3O/c44-22-25-7-13-28(14-8-25)32-19-35(29-15-9-26(23-45)10-16-29)43-37(20-32)42-38(47-43)21-36-33-5-1-3-30-4-2-6-34(39(30)33)41(36)40(42)31-17-11-27(24-46)12-18-31/h1-21H. The van der Waals surface area contributed by atoms with Gasteiger partial charge >= 0.3 is 0 Å². The number of hydrogen-bond acceptors (Lipinski definition) is 4. The fraction of sp³-hybridized carbons (Fsp3) is 0. The van der Waals surface area contributed by atoms with Crippen molar-refractivity contribution < 1.29 is 4.42 Å². The minimum absolute atomic E-state index is 0.588. The molecule has 0 fully saturated rings. The first-order valence-corrected chi connectivity index (χ1v) is 15.3. The van der Waals surface area contributed by atoms with Gasteiger partial charge in [0.05, 0.1) is 34.9 Å². The monoisotopic (exact) mass is 595 g/mol. The predicted octanol–water partition coefficient (Wildman–Crippen LogP) is 11.0. The Balaban J connectivity index is 1.44. The largest absolute Gasteiger partial charge is 0.455 e. The molecule has 1 aliphatic carbocycles. The highest BCUT2D eigenvalue weighted by Crippen LogP contribution is 2.55. The maximum absolute atomic E-state index is 9.60. The molecule has 9 rings (SSSR count). The van der Waals surface area contributed by atoms with Gasteiger partial charge in [-0.15, -0.1) is 0 Å². The maximum atomic E-state index is 9.60. The molecule has 0 spiro atoms. The second kappa shape index (κ2) is 10.0. The summed E-state index contributed by atoms with van der Waals surface area (Å²) in [6, 6.07) is 49.1. The molecule has 1 aromatic heterocycles. The third-order valence-electron chi connectivity index (χ3n) is 9.30. The van der Waals surface area contributed by atoms with Crippen LogP contribution in [-0.2, 0) is 0 Å². The first-order valence-electron chi connectivity index (χ1n) is 15.3. The Labute approximate surface area is 270 Å². The lowest BCUT2D eigenvalue weighted by atomic mass is 9.88. The van der Waals surface area contributed by atoms with Gasteiger partial charge in [-0.05, 0) is 110 Å². The molecule has 0 saturated carbocycles. The second-order valence-corrected chi connectivity index (χ2v) is 11.8. The molecule has 4 heteroatoms. The third-order valence-corrected chi connectivity index (χ3v) is 9.30. The summed E-state index contributed by atoms with van der Waals surface area (Å²) >= 11 is 0. The Morgan fingerprint density at radius 2 is 1.00 bits per heavy atom. The number of fused-ring (bicyclic) bond motifs is 6. The van der Waals surface area contributed by atoms with Crippen LogP contribution in [0.5, 0.6) is 0 Å². The molecular formula is C43H21N3O. The van der Waals surface area contributed by atoms with Gasteiger partial charge < -0.3 is 4.42 Å². The quantitative estimate of drug-likeness (QED) is 0.203. The van der Waals surface area contributed by atoms with Gasteiger partial charge in [-0.3, -0.25) is 0 Å². The minimum atomic E-state index is 0.588. The summed E-state index contributed by atoms with van der Waals surface area (Å²) in [5.74, 6) is 0. The van der Waals surface area contributed by atoms with E-state index in [1.807, 2.05) is 72.8 Å². The molecule has 4 nitrogen and oxygen atoms in total. The molecule has 0 radical (unpaired) electrons. The molecule has 0 atom stereocenters. The minimum Gasteiger partial charge on any atom is -0.455 e. The number of nitrogens with zero attached hydrogens (tertiary/aromatic N) is 3. The molecule has 1 heterocycles. The number of rotatable bonds is 3. The zero-order chi connectivity index (χ0) is 31.6. The summed E-state index contributed by atoms with van der Waals surface area (Å²) in [5, 5.41) is 32.9. The van der Waals surface area contributed by atoms with Crippen LogP contribution in [0.25, 0.3) is 88.3 Å². The number of nitriles is 3. The van der Waals surface area contributed by atoms with Crippen molar-refractivity contribution in [3.05, 3.63) is 144 Å². The fourth-order valence-corrected chi connectivity index (χ4v) is 7.15. The molecular weight excluding hydrogens is 574 g/mol. The molecule has 0 unspecified atom stereocenters. The van der Waals surface area contributed by atoms with Crippen LogP contribution in [0.4, 0.5) is 0 Å². The summed E-state index contributed by atoms with van der Waals surface area (Å²) in [6.45, 7) is 0. The molecule has 7 aromatic carbocycles. The molecule has 8 aromatic rings. The Kier molecular flexibility index (Phi) is 5.66.